The van der Waals surface area contributed by atoms with Crippen LogP contribution in [-0.4, -0.2) is 23.8 Å². The normalized spacial score (nSPS) is 23.0. The first-order valence-electron chi connectivity index (χ1n) is 9.15. The largest absolute Gasteiger partial charge is 0.346 e. The van der Waals surface area contributed by atoms with E-state index in [0.717, 1.165) is 17.2 Å². The van der Waals surface area contributed by atoms with Crippen LogP contribution in [0, 0.1) is 17.0 Å². The molecule has 1 amide bonds. The highest BCUT2D eigenvalue weighted by Gasteiger charge is 2.48. The SMILES string of the molecule is CN1C(=N)N[C@](C)(c2cc(F)cc(F)c2)[C@H](c2ccc(C(C)(C)C)cc2)C1=O. The quantitative estimate of drug-likeness (QED) is 0.812. The molecule has 1 fully saturated rings. The standard InChI is InChI=1S/C22H25F2N3O/c1-21(2,3)14-8-6-13(7-9-14)18-19(28)27(5)20(25)26-22(18,4)15-10-16(23)12-17(24)11-15/h6-12,18H,1-5H3,(H2,25,26)/t18-,22-/m1/s1. The summed E-state index contributed by atoms with van der Waals surface area (Å²) in [7, 11) is 1.51. The Kier molecular flexibility index (Phi) is 4.77. The summed E-state index contributed by atoms with van der Waals surface area (Å²) < 4.78 is 27.8. The van der Waals surface area contributed by atoms with E-state index in [1.54, 1.807) is 6.92 Å². The first-order chi connectivity index (χ1) is 12.9. The topological polar surface area (TPSA) is 56.2 Å². The average Bonchev–Trinajstić information content (AvgIpc) is 2.59. The lowest BCUT2D eigenvalue weighted by Gasteiger charge is -2.46. The van der Waals surface area contributed by atoms with Gasteiger partial charge < -0.3 is 5.32 Å². The van der Waals surface area contributed by atoms with Crippen LogP contribution < -0.4 is 5.32 Å². The average molecular weight is 385 g/mol. The molecule has 2 aromatic rings. The Hall–Kier alpha value is -2.76. The molecule has 3 rings (SSSR count). The third-order valence-corrected chi connectivity index (χ3v) is 5.44. The van der Waals surface area contributed by atoms with Crippen molar-refractivity contribution in [1.82, 2.24) is 10.2 Å². The molecule has 1 heterocycles. The molecule has 148 valence electrons. The number of carbonyl (C=O) groups is 1. The molecule has 28 heavy (non-hydrogen) atoms. The minimum Gasteiger partial charge on any atom is -0.346 e. The van der Waals surface area contributed by atoms with Crippen LogP contribution in [0.2, 0.25) is 0 Å². The number of hydrogen-bond donors (Lipinski definition) is 2. The highest BCUT2D eigenvalue weighted by molar-refractivity contribution is 6.02. The molecule has 0 spiro atoms. The fourth-order valence-electron chi connectivity index (χ4n) is 3.70. The summed E-state index contributed by atoms with van der Waals surface area (Å²) >= 11 is 0. The van der Waals surface area contributed by atoms with E-state index in [2.05, 4.69) is 26.1 Å². The molecule has 2 aromatic carbocycles. The fraction of sp³-hybridized carbons (Fsp3) is 0.364. The van der Waals surface area contributed by atoms with Crippen LogP contribution in [0.25, 0.3) is 0 Å². The van der Waals surface area contributed by atoms with Crippen molar-refractivity contribution in [1.29, 1.82) is 5.41 Å². The Morgan fingerprint density at radius 3 is 2.11 bits per heavy atom. The van der Waals surface area contributed by atoms with Gasteiger partial charge in [0.1, 0.15) is 11.6 Å². The van der Waals surface area contributed by atoms with Gasteiger partial charge in [0.15, 0.2) is 5.96 Å². The molecule has 0 radical (unpaired) electrons. The van der Waals surface area contributed by atoms with Crippen molar-refractivity contribution in [3.63, 3.8) is 0 Å². The van der Waals surface area contributed by atoms with Gasteiger partial charge in [0.05, 0.1) is 11.5 Å². The highest BCUT2D eigenvalue weighted by Crippen LogP contribution is 2.41. The number of nitrogens with zero attached hydrogens (tertiary/aromatic N) is 1. The molecule has 1 saturated heterocycles. The van der Waals surface area contributed by atoms with Crippen molar-refractivity contribution < 1.29 is 13.6 Å². The van der Waals surface area contributed by atoms with E-state index in [1.165, 1.54) is 24.1 Å². The predicted octanol–water partition coefficient (Wildman–Crippen LogP) is 4.26. The molecular weight excluding hydrogens is 360 g/mol. The number of guanidine groups is 1. The number of rotatable bonds is 2. The first-order valence-corrected chi connectivity index (χ1v) is 9.15. The number of benzene rings is 2. The van der Waals surface area contributed by atoms with Crippen molar-refractivity contribution in [3.05, 3.63) is 70.8 Å². The van der Waals surface area contributed by atoms with Gasteiger partial charge in [-0.05, 0) is 41.2 Å². The second kappa shape index (κ2) is 6.69. The van der Waals surface area contributed by atoms with E-state index < -0.39 is 23.1 Å². The molecular formula is C22H25F2N3O. The van der Waals surface area contributed by atoms with Crippen LogP contribution in [-0.2, 0) is 15.7 Å². The summed E-state index contributed by atoms with van der Waals surface area (Å²) in [4.78, 5) is 14.4. The summed E-state index contributed by atoms with van der Waals surface area (Å²) in [6.07, 6.45) is 0. The maximum atomic E-state index is 13.9. The lowest BCUT2D eigenvalue weighted by atomic mass is 9.73. The Morgan fingerprint density at radius 1 is 1.07 bits per heavy atom. The molecule has 1 aliphatic rings. The van der Waals surface area contributed by atoms with Gasteiger partial charge in [-0.3, -0.25) is 15.1 Å². The molecule has 0 saturated carbocycles. The van der Waals surface area contributed by atoms with E-state index in [-0.39, 0.29) is 22.8 Å². The van der Waals surface area contributed by atoms with E-state index >= 15 is 0 Å². The summed E-state index contributed by atoms with van der Waals surface area (Å²) in [5.74, 6) is -2.61. The molecule has 1 aliphatic heterocycles. The third-order valence-electron chi connectivity index (χ3n) is 5.44. The second-order valence-electron chi connectivity index (χ2n) is 8.54. The van der Waals surface area contributed by atoms with Crippen LogP contribution in [0.1, 0.15) is 50.3 Å². The molecule has 0 unspecified atom stereocenters. The summed E-state index contributed by atoms with van der Waals surface area (Å²) in [6.45, 7) is 8.00. The van der Waals surface area contributed by atoms with Crippen molar-refractivity contribution in [2.75, 3.05) is 7.05 Å². The molecule has 6 heteroatoms. The number of halogens is 2. The highest BCUT2D eigenvalue weighted by atomic mass is 19.1. The van der Waals surface area contributed by atoms with Crippen LogP contribution in [0.4, 0.5) is 8.78 Å². The minimum absolute atomic E-state index is 0.0404. The van der Waals surface area contributed by atoms with Crippen molar-refractivity contribution >= 4 is 11.9 Å². The zero-order valence-electron chi connectivity index (χ0n) is 16.7. The molecule has 2 N–H and O–H groups in total. The van der Waals surface area contributed by atoms with Gasteiger partial charge in [0.2, 0.25) is 5.91 Å². The van der Waals surface area contributed by atoms with Crippen LogP contribution in [0.5, 0.6) is 0 Å². The Morgan fingerprint density at radius 2 is 1.61 bits per heavy atom. The smallest absolute Gasteiger partial charge is 0.239 e. The maximum Gasteiger partial charge on any atom is 0.239 e. The molecule has 0 bridgehead atoms. The monoisotopic (exact) mass is 385 g/mol. The number of likely N-dealkylation sites (N-methyl/N-ethyl adjacent to an activating group) is 1. The number of hydrogen-bond acceptors (Lipinski definition) is 2. The molecule has 2 atom stereocenters. The van der Waals surface area contributed by atoms with Gasteiger partial charge in [0.25, 0.3) is 0 Å². The summed E-state index contributed by atoms with van der Waals surface area (Å²) in [5.41, 5.74) is 0.902. The number of nitrogens with one attached hydrogen (secondary N) is 2. The van der Waals surface area contributed by atoms with Gasteiger partial charge >= 0.3 is 0 Å². The zero-order valence-corrected chi connectivity index (χ0v) is 16.7. The molecule has 0 aromatic heterocycles. The van der Waals surface area contributed by atoms with E-state index in [0.29, 0.717) is 0 Å². The van der Waals surface area contributed by atoms with Crippen LogP contribution in [0.15, 0.2) is 42.5 Å². The lowest BCUT2D eigenvalue weighted by molar-refractivity contribution is -0.131. The lowest BCUT2D eigenvalue weighted by Crippen LogP contribution is -2.62. The van der Waals surface area contributed by atoms with E-state index in [4.69, 9.17) is 5.41 Å². The zero-order chi connectivity index (χ0) is 20.9. The van der Waals surface area contributed by atoms with E-state index in [9.17, 15) is 13.6 Å². The van der Waals surface area contributed by atoms with Gasteiger partial charge in [0, 0.05) is 13.1 Å². The third kappa shape index (κ3) is 3.39. The van der Waals surface area contributed by atoms with E-state index in [1.807, 2.05) is 24.3 Å². The maximum absolute atomic E-state index is 13.9. The van der Waals surface area contributed by atoms with Gasteiger partial charge in [-0.1, -0.05) is 45.0 Å². The molecule has 0 aliphatic carbocycles. The molecule has 4 nitrogen and oxygen atoms in total. The van der Waals surface area contributed by atoms with Crippen LogP contribution >= 0.6 is 0 Å². The summed E-state index contributed by atoms with van der Waals surface area (Å²) in [6, 6.07) is 10.9. The van der Waals surface area contributed by atoms with Gasteiger partial charge in [-0.15, -0.1) is 0 Å². The Labute approximate surface area is 164 Å². The van der Waals surface area contributed by atoms with Crippen molar-refractivity contribution in [2.24, 2.45) is 0 Å². The fourth-order valence-corrected chi connectivity index (χ4v) is 3.70. The van der Waals surface area contributed by atoms with Crippen molar-refractivity contribution in [2.45, 2.75) is 44.6 Å². The van der Waals surface area contributed by atoms with Crippen LogP contribution in [0.3, 0.4) is 0 Å². The Bertz CT molecular complexity index is 914. The first kappa shape index (κ1) is 20.0. The van der Waals surface area contributed by atoms with Gasteiger partial charge in [-0.25, -0.2) is 8.78 Å². The number of amides is 1. The minimum atomic E-state index is -1.17. The van der Waals surface area contributed by atoms with Crippen molar-refractivity contribution in [3.8, 4) is 0 Å². The summed E-state index contributed by atoms with van der Waals surface area (Å²) in [5, 5.41) is 11.1. The second-order valence-corrected chi connectivity index (χ2v) is 8.54. The number of carbonyl (C=O) groups excluding carboxylic acids is 1. The Balaban J connectivity index is 2.16. The predicted molar refractivity (Wildman–Crippen MR) is 105 cm³/mol. The van der Waals surface area contributed by atoms with Gasteiger partial charge in [-0.2, -0.15) is 0 Å².